The Kier molecular flexibility index (Phi) is 7.25. The molecule has 34 heavy (non-hydrogen) atoms. The Morgan fingerprint density at radius 3 is 2.68 bits per heavy atom. The zero-order valence-corrected chi connectivity index (χ0v) is 19.1. The summed E-state index contributed by atoms with van der Waals surface area (Å²) in [5.74, 6) is 0.278. The number of nitrogens with zero attached hydrogens (tertiary/aromatic N) is 2. The second-order valence-electron chi connectivity index (χ2n) is 7.13. The van der Waals surface area contributed by atoms with Gasteiger partial charge in [-0.15, -0.1) is 0 Å². The molecular weight excluding hydrogens is 453 g/mol. The summed E-state index contributed by atoms with van der Waals surface area (Å²) < 4.78 is 25.5. The quantitative estimate of drug-likeness (QED) is 0.454. The van der Waals surface area contributed by atoms with Gasteiger partial charge in [-0.25, -0.2) is 9.38 Å². The summed E-state index contributed by atoms with van der Waals surface area (Å²) in [4.78, 5) is 17.0. The Morgan fingerprint density at radius 2 is 1.88 bits per heavy atom. The van der Waals surface area contributed by atoms with Gasteiger partial charge in [0.2, 0.25) is 0 Å². The summed E-state index contributed by atoms with van der Waals surface area (Å²) in [6.45, 7) is 2.52. The molecule has 0 atom stereocenters. The number of hydrogen-bond acceptors (Lipinski definition) is 6. The van der Waals surface area contributed by atoms with E-state index in [4.69, 9.17) is 9.47 Å². The number of carbonyl (C=O) groups is 1. The Labute approximate surface area is 200 Å². The van der Waals surface area contributed by atoms with Crippen molar-refractivity contribution in [1.29, 1.82) is 5.26 Å². The number of hydrogen-bond donors (Lipinski definition) is 1. The monoisotopic (exact) mass is 473 g/mol. The summed E-state index contributed by atoms with van der Waals surface area (Å²) in [7, 11) is 0. The summed E-state index contributed by atoms with van der Waals surface area (Å²) in [6, 6.07) is 20.9. The number of nitrogens with one attached hydrogen (secondary N) is 1. The average Bonchev–Trinajstić information content (AvgIpc) is 3.18. The molecule has 0 spiro atoms. The number of ether oxygens (including phenoxy) is 2. The standard InChI is InChI=1S/C26H20FN3O3S/c1-2-32-23-13-17(11-12-22(23)33-16-19-8-4-3-7-18(19)15-28)14-24-25(31)30-26(34-24)29-21-10-6-5-9-20(21)27/h3-14H,2,16H2,1H3,(H,29,30,31)/b24-14-. The SMILES string of the molecule is CCOc1cc(/C=C2\SC(=Nc3ccccc3F)NC2=O)ccc1OCc1ccccc1C#N. The first-order valence-corrected chi connectivity index (χ1v) is 11.3. The third kappa shape index (κ3) is 5.45. The fourth-order valence-electron chi connectivity index (χ4n) is 3.20. The molecule has 8 heteroatoms. The summed E-state index contributed by atoms with van der Waals surface area (Å²) in [5.41, 5.74) is 2.22. The molecule has 0 radical (unpaired) electrons. The summed E-state index contributed by atoms with van der Waals surface area (Å²) in [6.07, 6.45) is 1.71. The van der Waals surface area contributed by atoms with Crippen LogP contribution in [0.1, 0.15) is 23.6 Å². The first-order chi connectivity index (χ1) is 16.6. The van der Waals surface area contributed by atoms with E-state index in [1.807, 2.05) is 19.1 Å². The number of halogens is 1. The van der Waals surface area contributed by atoms with Crippen LogP contribution < -0.4 is 14.8 Å². The summed E-state index contributed by atoms with van der Waals surface area (Å²) in [5, 5.41) is 12.2. The van der Waals surface area contributed by atoms with Crippen molar-refractivity contribution in [3.63, 3.8) is 0 Å². The van der Waals surface area contributed by atoms with Crippen LogP contribution in [0.2, 0.25) is 0 Å². The van der Waals surface area contributed by atoms with Gasteiger partial charge < -0.3 is 14.8 Å². The first-order valence-electron chi connectivity index (χ1n) is 10.5. The van der Waals surface area contributed by atoms with Crippen LogP contribution in [0.4, 0.5) is 10.1 Å². The molecule has 0 bridgehead atoms. The summed E-state index contributed by atoms with van der Waals surface area (Å²) >= 11 is 1.13. The van der Waals surface area contributed by atoms with Crippen LogP contribution in [-0.2, 0) is 11.4 Å². The molecule has 170 valence electrons. The second-order valence-corrected chi connectivity index (χ2v) is 8.16. The van der Waals surface area contributed by atoms with Crippen molar-refractivity contribution in [1.82, 2.24) is 5.32 Å². The van der Waals surface area contributed by atoms with E-state index in [1.54, 1.807) is 54.6 Å². The van der Waals surface area contributed by atoms with E-state index in [0.29, 0.717) is 33.7 Å². The van der Waals surface area contributed by atoms with Gasteiger partial charge >= 0.3 is 0 Å². The van der Waals surface area contributed by atoms with Crippen molar-refractivity contribution in [3.05, 3.63) is 94.1 Å². The minimum Gasteiger partial charge on any atom is -0.490 e. The Bertz CT molecular complexity index is 1330. The van der Waals surface area contributed by atoms with Gasteiger partial charge in [-0.05, 0) is 60.7 Å². The molecule has 1 heterocycles. The lowest BCUT2D eigenvalue weighted by Crippen LogP contribution is -2.19. The topological polar surface area (TPSA) is 83.7 Å². The normalized spacial score (nSPS) is 15.3. The van der Waals surface area contributed by atoms with Crippen molar-refractivity contribution in [3.8, 4) is 17.6 Å². The largest absolute Gasteiger partial charge is 0.490 e. The number of aliphatic imine (C=N–C) groups is 1. The molecule has 3 aromatic carbocycles. The van der Waals surface area contributed by atoms with Gasteiger partial charge in [0, 0.05) is 5.56 Å². The predicted octanol–water partition coefficient (Wildman–Crippen LogP) is 5.57. The number of nitriles is 1. The Morgan fingerprint density at radius 1 is 1.09 bits per heavy atom. The lowest BCUT2D eigenvalue weighted by atomic mass is 10.1. The molecule has 1 saturated heterocycles. The molecule has 0 saturated carbocycles. The maximum atomic E-state index is 13.9. The van der Waals surface area contributed by atoms with E-state index in [-0.39, 0.29) is 18.2 Å². The zero-order chi connectivity index (χ0) is 23.9. The highest BCUT2D eigenvalue weighted by Crippen LogP contribution is 2.33. The van der Waals surface area contributed by atoms with Gasteiger partial charge in [0.25, 0.3) is 5.91 Å². The first kappa shape index (κ1) is 23.1. The van der Waals surface area contributed by atoms with Gasteiger partial charge in [-0.3, -0.25) is 4.79 Å². The van der Waals surface area contributed by atoms with Crippen molar-refractivity contribution in [2.45, 2.75) is 13.5 Å². The molecule has 0 aromatic heterocycles. The van der Waals surface area contributed by atoms with Crippen LogP contribution in [0.3, 0.4) is 0 Å². The predicted molar refractivity (Wildman–Crippen MR) is 130 cm³/mol. The van der Waals surface area contributed by atoms with Crippen LogP contribution in [0.15, 0.2) is 76.6 Å². The molecular formula is C26H20FN3O3S. The number of benzene rings is 3. The molecule has 1 N–H and O–H groups in total. The fraction of sp³-hybridized carbons (Fsp3) is 0.115. The van der Waals surface area contributed by atoms with E-state index in [0.717, 1.165) is 22.9 Å². The third-order valence-corrected chi connectivity index (χ3v) is 5.72. The number of amides is 1. The zero-order valence-electron chi connectivity index (χ0n) is 18.2. The van der Waals surface area contributed by atoms with Crippen molar-refractivity contribution >= 4 is 34.6 Å². The van der Waals surface area contributed by atoms with Gasteiger partial charge in [0.05, 0.1) is 23.1 Å². The maximum absolute atomic E-state index is 13.9. The number of rotatable bonds is 7. The number of thioether (sulfide) groups is 1. The molecule has 1 aliphatic heterocycles. The average molecular weight is 474 g/mol. The lowest BCUT2D eigenvalue weighted by Gasteiger charge is -2.13. The molecule has 0 unspecified atom stereocenters. The second kappa shape index (κ2) is 10.7. The molecule has 0 aliphatic carbocycles. The van der Waals surface area contributed by atoms with Crippen molar-refractivity contribution < 1.29 is 18.7 Å². The Balaban J connectivity index is 1.53. The number of para-hydroxylation sites is 1. The fourth-order valence-corrected chi connectivity index (χ4v) is 4.03. The molecule has 6 nitrogen and oxygen atoms in total. The third-order valence-electron chi connectivity index (χ3n) is 4.81. The molecule has 3 aromatic rings. The van der Waals surface area contributed by atoms with Crippen LogP contribution in [0, 0.1) is 17.1 Å². The van der Waals surface area contributed by atoms with Gasteiger partial charge in [0.15, 0.2) is 16.7 Å². The van der Waals surface area contributed by atoms with E-state index in [2.05, 4.69) is 16.4 Å². The van der Waals surface area contributed by atoms with E-state index < -0.39 is 5.82 Å². The van der Waals surface area contributed by atoms with Crippen LogP contribution in [0.25, 0.3) is 6.08 Å². The molecule has 1 aliphatic rings. The highest BCUT2D eigenvalue weighted by molar-refractivity contribution is 8.18. The van der Waals surface area contributed by atoms with E-state index in [9.17, 15) is 14.4 Å². The molecule has 4 rings (SSSR count). The van der Waals surface area contributed by atoms with Gasteiger partial charge in [-0.1, -0.05) is 36.4 Å². The minimum absolute atomic E-state index is 0.157. The van der Waals surface area contributed by atoms with E-state index >= 15 is 0 Å². The van der Waals surface area contributed by atoms with Crippen LogP contribution in [0.5, 0.6) is 11.5 Å². The maximum Gasteiger partial charge on any atom is 0.264 e. The highest BCUT2D eigenvalue weighted by atomic mass is 32.2. The number of carbonyl (C=O) groups excluding carboxylic acids is 1. The minimum atomic E-state index is -0.461. The highest BCUT2D eigenvalue weighted by Gasteiger charge is 2.24. The van der Waals surface area contributed by atoms with Gasteiger partial charge in [0.1, 0.15) is 18.1 Å². The lowest BCUT2D eigenvalue weighted by molar-refractivity contribution is -0.115. The van der Waals surface area contributed by atoms with Gasteiger partial charge in [-0.2, -0.15) is 5.26 Å². The Hall–Kier alpha value is -4.09. The molecule has 1 amide bonds. The van der Waals surface area contributed by atoms with Crippen molar-refractivity contribution in [2.75, 3.05) is 6.61 Å². The van der Waals surface area contributed by atoms with Crippen LogP contribution in [-0.4, -0.2) is 17.7 Å². The van der Waals surface area contributed by atoms with Crippen LogP contribution >= 0.6 is 11.8 Å². The van der Waals surface area contributed by atoms with E-state index in [1.165, 1.54) is 6.07 Å². The smallest absolute Gasteiger partial charge is 0.264 e. The molecule has 1 fully saturated rings. The van der Waals surface area contributed by atoms with Crippen molar-refractivity contribution in [2.24, 2.45) is 4.99 Å². The number of amidine groups is 1.